The summed E-state index contributed by atoms with van der Waals surface area (Å²) in [7, 11) is 2.84. The molecule has 1 amide bonds. The van der Waals surface area contributed by atoms with Gasteiger partial charge in [-0.15, -0.1) is 0 Å². The Kier molecular flexibility index (Phi) is 5.86. The van der Waals surface area contributed by atoms with Gasteiger partial charge in [0.25, 0.3) is 11.5 Å². The van der Waals surface area contributed by atoms with E-state index in [0.717, 1.165) is 4.57 Å². The largest absolute Gasteiger partial charge is 0.454 e. The Morgan fingerprint density at radius 3 is 2.40 bits per heavy atom. The van der Waals surface area contributed by atoms with Crippen molar-refractivity contribution in [2.75, 3.05) is 11.5 Å². The van der Waals surface area contributed by atoms with E-state index < -0.39 is 23.8 Å². The number of fused-ring (bicyclic) bond motifs is 1. The molecule has 0 atom stereocenters. The number of carbonyl (C=O) groups excluding carboxylic acids is 2. The molecular formula is C20H23N5O5. The number of hydrogen-bond acceptors (Lipinski definition) is 6. The highest BCUT2D eigenvalue weighted by Crippen LogP contribution is 2.16. The molecule has 158 valence electrons. The van der Waals surface area contributed by atoms with Crippen LogP contribution in [0.5, 0.6) is 0 Å². The zero-order chi connectivity index (χ0) is 22.0. The van der Waals surface area contributed by atoms with Gasteiger partial charge >= 0.3 is 11.7 Å². The second kappa shape index (κ2) is 8.36. The van der Waals surface area contributed by atoms with E-state index in [1.807, 2.05) is 32.0 Å². The van der Waals surface area contributed by atoms with E-state index in [-0.39, 0.29) is 29.7 Å². The maximum absolute atomic E-state index is 12.6. The molecule has 0 N–H and O–H groups in total. The van der Waals surface area contributed by atoms with Gasteiger partial charge in [0, 0.05) is 25.8 Å². The highest BCUT2D eigenvalue weighted by atomic mass is 16.5. The van der Waals surface area contributed by atoms with Crippen LogP contribution >= 0.6 is 0 Å². The minimum absolute atomic E-state index is 0.107. The molecule has 30 heavy (non-hydrogen) atoms. The van der Waals surface area contributed by atoms with Gasteiger partial charge in [0.1, 0.15) is 6.54 Å². The third-order valence-corrected chi connectivity index (χ3v) is 4.69. The van der Waals surface area contributed by atoms with Crippen molar-refractivity contribution in [3.63, 3.8) is 0 Å². The normalized spacial score (nSPS) is 11.1. The Balaban J connectivity index is 1.74. The molecule has 1 aromatic carbocycles. The molecule has 0 aliphatic carbocycles. The first-order valence-corrected chi connectivity index (χ1v) is 9.36. The van der Waals surface area contributed by atoms with E-state index in [1.54, 1.807) is 17.0 Å². The number of esters is 1. The molecule has 2 aromatic heterocycles. The average molecular weight is 413 g/mol. The fourth-order valence-electron chi connectivity index (χ4n) is 3.23. The van der Waals surface area contributed by atoms with E-state index in [1.165, 1.54) is 29.6 Å². The molecule has 0 bridgehead atoms. The molecule has 0 aliphatic rings. The number of carbonyl (C=O) groups is 2. The first-order valence-electron chi connectivity index (χ1n) is 9.36. The fourth-order valence-corrected chi connectivity index (χ4v) is 3.23. The van der Waals surface area contributed by atoms with Crippen molar-refractivity contribution in [1.29, 1.82) is 0 Å². The first-order chi connectivity index (χ1) is 14.2. The lowest BCUT2D eigenvalue weighted by Gasteiger charge is -2.26. The van der Waals surface area contributed by atoms with Gasteiger partial charge in [-0.3, -0.25) is 23.5 Å². The van der Waals surface area contributed by atoms with Gasteiger partial charge in [-0.05, 0) is 26.0 Å². The Morgan fingerprint density at radius 2 is 1.77 bits per heavy atom. The van der Waals surface area contributed by atoms with Crippen LogP contribution in [-0.2, 0) is 35.0 Å². The molecule has 0 radical (unpaired) electrons. The lowest BCUT2D eigenvalue weighted by molar-refractivity contribution is -0.148. The highest BCUT2D eigenvalue weighted by molar-refractivity contribution is 5.95. The van der Waals surface area contributed by atoms with Crippen LogP contribution < -0.4 is 16.1 Å². The summed E-state index contributed by atoms with van der Waals surface area (Å²) in [5.74, 6) is -1.06. The van der Waals surface area contributed by atoms with Crippen LogP contribution in [0.15, 0.2) is 46.2 Å². The SMILES string of the molecule is CC(C)N(C(=O)COC(=O)Cn1cnc2c1c(=O)n(C)c(=O)n2C)c1ccccc1. The number of anilines is 1. The zero-order valence-electron chi connectivity index (χ0n) is 17.2. The molecule has 0 fully saturated rings. The van der Waals surface area contributed by atoms with Crippen molar-refractivity contribution >= 4 is 28.7 Å². The molecule has 3 rings (SSSR count). The van der Waals surface area contributed by atoms with E-state index in [9.17, 15) is 19.2 Å². The second-order valence-corrected chi connectivity index (χ2v) is 7.10. The number of aryl methyl sites for hydroxylation is 1. The lowest BCUT2D eigenvalue weighted by Crippen LogP contribution is -2.40. The molecule has 0 saturated carbocycles. The molecule has 0 unspecified atom stereocenters. The minimum Gasteiger partial charge on any atom is -0.454 e. The summed E-state index contributed by atoms with van der Waals surface area (Å²) in [5.41, 5.74) is -0.0956. The Bertz CT molecular complexity index is 1210. The van der Waals surface area contributed by atoms with Crippen molar-refractivity contribution in [3.05, 3.63) is 57.5 Å². The second-order valence-electron chi connectivity index (χ2n) is 7.10. The van der Waals surface area contributed by atoms with Gasteiger partial charge in [-0.25, -0.2) is 9.78 Å². The maximum Gasteiger partial charge on any atom is 0.332 e. The number of benzene rings is 1. The van der Waals surface area contributed by atoms with Crippen LogP contribution in [0.3, 0.4) is 0 Å². The van der Waals surface area contributed by atoms with E-state index in [0.29, 0.717) is 5.69 Å². The molecule has 0 saturated heterocycles. The van der Waals surface area contributed by atoms with Crippen molar-refractivity contribution in [2.45, 2.75) is 26.4 Å². The number of hydrogen-bond donors (Lipinski definition) is 0. The summed E-state index contributed by atoms with van der Waals surface area (Å²) in [6, 6.07) is 8.97. The number of amides is 1. The van der Waals surface area contributed by atoms with Crippen LogP contribution in [0.2, 0.25) is 0 Å². The van der Waals surface area contributed by atoms with Crippen molar-refractivity contribution in [1.82, 2.24) is 18.7 Å². The van der Waals surface area contributed by atoms with Crippen LogP contribution in [0.1, 0.15) is 13.8 Å². The molecule has 2 heterocycles. The van der Waals surface area contributed by atoms with Gasteiger partial charge in [-0.1, -0.05) is 18.2 Å². The zero-order valence-corrected chi connectivity index (χ0v) is 17.2. The lowest BCUT2D eigenvalue weighted by atomic mass is 10.2. The van der Waals surface area contributed by atoms with Gasteiger partial charge < -0.3 is 14.2 Å². The standard InChI is InChI=1S/C20H23N5O5/c1-13(2)25(14-8-6-5-7-9-14)15(26)11-30-16(27)10-24-12-21-18-17(24)19(28)23(4)20(29)22(18)3/h5-9,12-13H,10-11H2,1-4H3. The van der Waals surface area contributed by atoms with E-state index in [4.69, 9.17) is 4.74 Å². The van der Waals surface area contributed by atoms with Gasteiger partial charge in [0.15, 0.2) is 17.8 Å². The van der Waals surface area contributed by atoms with Crippen molar-refractivity contribution < 1.29 is 14.3 Å². The summed E-state index contributed by atoms with van der Waals surface area (Å²) in [6.45, 7) is 2.98. The monoisotopic (exact) mass is 413 g/mol. The quantitative estimate of drug-likeness (QED) is 0.542. The first kappa shape index (κ1) is 21.0. The van der Waals surface area contributed by atoms with Gasteiger partial charge in [0.2, 0.25) is 0 Å². The van der Waals surface area contributed by atoms with Crippen molar-refractivity contribution in [3.8, 4) is 0 Å². The summed E-state index contributed by atoms with van der Waals surface area (Å²) in [6.07, 6.45) is 1.29. The summed E-state index contributed by atoms with van der Waals surface area (Å²) >= 11 is 0. The number of aromatic nitrogens is 4. The smallest absolute Gasteiger partial charge is 0.332 e. The fraction of sp³-hybridized carbons (Fsp3) is 0.350. The summed E-state index contributed by atoms with van der Waals surface area (Å²) in [4.78, 5) is 55.0. The van der Waals surface area contributed by atoms with E-state index in [2.05, 4.69) is 4.98 Å². The Hall–Kier alpha value is -3.69. The van der Waals surface area contributed by atoms with Gasteiger partial charge in [0.05, 0.1) is 6.33 Å². The Morgan fingerprint density at radius 1 is 1.10 bits per heavy atom. The predicted molar refractivity (Wildman–Crippen MR) is 110 cm³/mol. The summed E-state index contributed by atoms with van der Waals surface area (Å²) in [5, 5.41) is 0. The summed E-state index contributed by atoms with van der Waals surface area (Å²) < 4.78 is 8.62. The number of ether oxygens (including phenoxy) is 1. The molecule has 10 nitrogen and oxygen atoms in total. The molecule has 3 aromatic rings. The maximum atomic E-state index is 12.6. The topological polar surface area (TPSA) is 108 Å². The van der Waals surface area contributed by atoms with Crippen LogP contribution in [0.25, 0.3) is 11.2 Å². The third kappa shape index (κ3) is 3.88. The number of imidazole rings is 1. The third-order valence-electron chi connectivity index (χ3n) is 4.69. The molecule has 0 aliphatic heterocycles. The number of nitrogens with zero attached hydrogens (tertiary/aromatic N) is 5. The van der Waals surface area contributed by atoms with Crippen molar-refractivity contribution in [2.24, 2.45) is 14.1 Å². The Labute approximate surface area is 171 Å². The average Bonchev–Trinajstić information content (AvgIpc) is 3.13. The predicted octanol–water partition coefficient (Wildman–Crippen LogP) is 0.418. The van der Waals surface area contributed by atoms with Gasteiger partial charge in [-0.2, -0.15) is 0 Å². The molecular weight excluding hydrogens is 390 g/mol. The van der Waals surface area contributed by atoms with Crippen LogP contribution in [0, 0.1) is 0 Å². The molecule has 0 spiro atoms. The van der Waals surface area contributed by atoms with E-state index >= 15 is 0 Å². The highest BCUT2D eigenvalue weighted by Gasteiger charge is 2.21. The number of para-hydroxylation sites is 1. The van der Waals surface area contributed by atoms with Crippen LogP contribution in [0.4, 0.5) is 5.69 Å². The molecule has 10 heteroatoms. The number of rotatable bonds is 6. The van der Waals surface area contributed by atoms with Crippen LogP contribution in [-0.4, -0.2) is 43.2 Å². The minimum atomic E-state index is -0.699.